The fraction of sp³-hybridized carbons (Fsp3) is 0.438. The van der Waals surface area contributed by atoms with Crippen molar-refractivity contribution in [3.63, 3.8) is 0 Å². The van der Waals surface area contributed by atoms with Gasteiger partial charge in [0, 0.05) is 50.3 Å². The summed E-state index contributed by atoms with van der Waals surface area (Å²) in [6.45, 7) is 6.42. The van der Waals surface area contributed by atoms with E-state index in [1.165, 1.54) is 11.1 Å². The van der Waals surface area contributed by atoms with E-state index in [0.717, 1.165) is 78.8 Å². The lowest BCUT2D eigenvalue weighted by molar-refractivity contribution is 0.154. The maximum absolute atomic E-state index is 9.69. The molecule has 41 heavy (non-hydrogen) atoms. The Labute approximate surface area is 242 Å². The number of nitrogens with one attached hydrogen (secondary N) is 1. The number of aliphatic hydroxyl groups is 1. The van der Waals surface area contributed by atoms with Crippen LogP contribution in [0.1, 0.15) is 43.7 Å². The summed E-state index contributed by atoms with van der Waals surface area (Å²) < 4.78 is 13.4. The van der Waals surface area contributed by atoms with E-state index in [1.807, 2.05) is 12.1 Å². The number of ether oxygens (including phenoxy) is 2. The minimum atomic E-state index is 0.0751. The molecule has 0 amide bonds. The lowest BCUT2D eigenvalue weighted by Gasteiger charge is -2.27. The number of anilines is 2. The first-order chi connectivity index (χ1) is 20.1. The van der Waals surface area contributed by atoms with Gasteiger partial charge in [0.25, 0.3) is 0 Å². The summed E-state index contributed by atoms with van der Waals surface area (Å²) in [4.78, 5) is 11.8. The third-order valence-electron chi connectivity index (χ3n) is 7.90. The average molecular weight is 559 g/mol. The Morgan fingerprint density at radius 3 is 2.76 bits per heavy atom. The van der Waals surface area contributed by atoms with Gasteiger partial charge in [0.2, 0.25) is 5.95 Å². The van der Waals surface area contributed by atoms with Crippen LogP contribution in [0.25, 0.3) is 27.5 Å². The van der Waals surface area contributed by atoms with E-state index in [-0.39, 0.29) is 18.6 Å². The Bertz CT molecular complexity index is 1510. The van der Waals surface area contributed by atoms with Crippen LogP contribution in [0.5, 0.6) is 5.75 Å². The normalized spacial score (nSPS) is 14.9. The second kappa shape index (κ2) is 13.3. The Hall–Kier alpha value is -3.66. The van der Waals surface area contributed by atoms with Gasteiger partial charge in [0.05, 0.1) is 25.8 Å². The van der Waals surface area contributed by atoms with Gasteiger partial charge in [-0.15, -0.1) is 0 Å². The summed E-state index contributed by atoms with van der Waals surface area (Å²) in [7, 11) is 3.47. The van der Waals surface area contributed by atoms with Gasteiger partial charge in [-0.05, 0) is 48.6 Å². The first kappa shape index (κ1) is 28.9. The van der Waals surface area contributed by atoms with E-state index in [2.05, 4.69) is 63.1 Å². The number of fused-ring (bicyclic) bond motifs is 3. The van der Waals surface area contributed by atoms with Crippen LogP contribution in [0.15, 0.2) is 48.5 Å². The van der Waals surface area contributed by atoms with Crippen LogP contribution in [-0.4, -0.2) is 77.7 Å². The molecule has 0 radical (unpaired) electrons. The minimum Gasteiger partial charge on any atom is -0.496 e. The van der Waals surface area contributed by atoms with E-state index >= 15 is 0 Å². The molecule has 0 aliphatic carbocycles. The van der Waals surface area contributed by atoms with Crippen molar-refractivity contribution in [2.24, 2.45) is 0 Å². The fourth-order valence-electron chi connectivity index (χ4n) is 5.89. The summed E-state index contributed by atoms with van der Waals surface area (Å²) in [5.74, 6) is 1.75. The van der Waals surface area contributed by atoms with Crippen molar-refractivity contribution < 1.29 is 14.6 Å². The van der Waals surface area contributed by atoms with Crippen LogP contribution in [0.4, 0.5) is 11.8 Å². The lowest BCUT2D eigenvalue weighted by atomic mass is 9.98. The Balaban J connectivity index is 1.59. The molecule has 0 saturated heterocycles. The highest BCUT2D eigenvalue weighted by atomic mass is 16.5. The standard InChI is InChI=1S/C32H42N6O3/c1-4-8-25(14-17-39)34-31-30-29(35-32(33)36-31)26-10-5-6-11-27(26)38(30)21-24-19-22(12-13-28(24)41-3)23-9-7-15-37(20-23)16-18-40-2/h5-6,9-13,19,25,39H,4,7-8,14-18,20-21H2,1-3H3,(H3,33,34,35,36)/t25-/m0/s1. The highest BCUT2D eigenvalue weighted by molar-refractivity contribution is 6.09. The number of methoxy groups -OCH3 is 2. The predicted octanol–water partition coefficient (Wildman–Crippen LogP) is 4.92. The molecular formula is C32H42N6O3. The van der Waals surface area contributed by atoms with Gasteiger partial charge in [-0.2, -0.15) is 4.98 Å². The maximum atomic E-state index is 9.69. The lowest BCUT2D eigenvalue weighted by Crippen LogP contribution is -2.32. The maximum Gasteiger partial charge on any atom is 0.222 e. The fourth-order valence-corrected chi connectivity index (χ4v) is 5.89. The number of hydrogen-bond acceptors (Lipinski definition) is 8. The van der Waals surface area contributed by atoms with E-state index < -0.39 is 0 Å². The monoisotopic (exact) mass is 558 g/mol. The molecule has 1 atom stereocenters. The number of aliphatic hydroxyl groups excluding tert-OH is 1. The van der Waals surface area contributed by atoms with Gasteiger partial charge < -0.3 is 30.2 Å². The zero-order chi connectivity index (χ0) is 28.8. The number of nitrogens with zero attached hydrogens (tertiary/aromatic N) is 4. The zero-order valence-corrected chi connectivity index (χ0v) is 24.4. The van der Waals surface area contributed by atoms with Crippen molar-refractivity contribution in [3.05, 3.63) is 59.7 Å². The van der Waals surface area contributed by atoms with Crippen molar-refractivity contribution in [2.75, 3.05) is 58.1 Å². The topological polar surface area (TPSA) is 111 Å². The average Bonchev–Trinajstić information content (AvgIpc) is 3.29. The van der Waals surface area contributed by atoms with Crippen molar-refractivity contribution in [1.82, 2.24) is 19.4 Å². The van der Waals surface area contributed by atoms with Crippen molar-refractivity contribution >= 4 is 39.3 Å². The quantitative estimate of drug-likeness (QED) is 0.212. The highest BCUT2D eigenvalue weighted by Gasteiger charge is 2.21. The largest absolute Gasteiger partial charge is 0.496 e. The van der Waals surface area contributed by atoms with Crippen LogP contribution in [-0.2, 0) is 11.3 Å². The highest BCUT2D eigenvalue weighted by Crippen LogP contribution is 2.35. The summed E-state index contributed by atoms with van der Waals surface area (Å²) in [6.07, 6.45) is 5.91. The van der Waals surface area contributed by atoms with Crippen LogP contribution in [0.2, 0.25) is 0 Å². The second-order valence-electron chi connectivity index (χ2n) is 10.7. The molecule has 2 aromatic carbocycles. The summed E-state index contributed by atoms with van der Waals surface area (Å²) in [6, 6.07) is 14.8. The number of hydrogen-bond donors (Lipinski definition) is 3. The first-order valence-corrected chi connectivity index (χ1v) is 14.6. The number of para-hydroxylation sites is 1. The van der Waals surface area contributed by atoms with Gasteiger partial charge in [-0.3, -0.25) is 4.90 Å². The van der Waals surface area contributed by atoms with E-state index in [9.17, 15) is 5.11 Å². The third kappa shape index (κ3) is 6.32. The van der Waals surface area contributed by atoms with Crippen LogP contribution in [0, 0.1) is 0 Å². The van der Waals surface area contributed by atoms with Gasteiger partial charge in [-0.25, -0.2) is 4.98 Å². The van der Waals surface area contributed by atoms with Gasteiger partial charge in [0.15, 0.2) is 5.82 Å². The summed E-state index contributed by atoms with van der Waals surface area (Å²) in [5.41, 5.74) is 12.6. The second-order valence-corrected chi connectivity index (χ2v) is 10.7. The summed E-state index contributed by atoms with van der Waals surface area (Å²) in [5, 5.41) is 14.3. The number of nitrogen functional groups attached to an aromatic ring is 1. The molecule has 0 bridgehead atoms. The van der Waals surface area contributed by atoms with Crippen LogP contribution < -0.4 is 15.8 Å². The Morgan fingerprint density at radius 2 is 1.98 bits per heavy atom. The molecule has 4 aromatic rings. The molecular weight excluding hydrogens is 516 g/mol. The molecule has 218 valence electrons. The molecule has 9 nitrogen and oxygen atoms in total. The first-order valence-electron chi connectivity index (χ1n) is 14.6. The Morgan fingerprint density at radius 1 is 1.12 bits per heavy atom. The zero-order valence-electron chi connectivity index (χ0n) is 24.4. The molecule has 5 rings (SSSR count). The number of nitrogens with two attached hydrogens (primary N) is 1. The van der Waals surface area contributed by atoms with E-state index in [0.29, 0.717) is 18.8 Å². The minimum absolute atomic E-state index is 0.0751. The molecule has 2 aromatic heterocycles. The molecule has 0 fully saturated rings. The molecule has 4 N–H and O–H groups in total. The number of aromatic nitrogens is 3. The molecule has 0 unspecified atom stereocenters. The number of rotatable bonds is 13. The van der Waals surface area contributed by atoms with Crippen LogP contribution in [0.3, 0.4) is 0 Å². The molecule has 1 aliphatic rings. The van der Waals surface area contributed by atoms with Gasteiger partial charge >= 0.3 is 0 Å². The molecule has 1 aliphatic heterocycles. The van der Waals surface area contributed by atoms with E-state index in [4.69, 9.17) is 20.2 Å². The van der Waals surface area contributed by atoms with Crippen molar-refractivity contribution in [1.29, 1.82) is 0 Å². The third-order valence-corrected chi connectivity index (χ3v) is 7.90. The van der Waals surface area contributed by atoms with Crippen molar-refractivity contribution in [3.8, 4) is 5.75 Å². The predicted molar refractivity (Wildman–Crippen MR) is 166 cm³/mol. The molecule has 9 heteroatoms. The Kier molecular flexibility index (Phi) is 9.38. The van der Waals surface area contributed by atoms with E-state index in [1.54, 1.807) is 14.2 Å². The SMILES string of the molecule is CCC[C@@H](CCO)Nc1nc(N)nc2c3ccccc3n(Cc3cc(C4=CCCN(CCOC)C4)ccc3OC)c12. The smallest absolute Gasteiger partial charge is 0.222 e. The number of benzene rings is 2. The van der Waals surface area contributed by atoms with Crippen LogP contribution >= 0.6 is 0 Å². The van der Waals surface area contributed by atoms with Gasteiger partial charge in [-0.1, -0.05) is 43.7 Å². The molecule has 3 heterocycles. The molecule has 0 spiro atoms. The van der Waals surface area contributed by atoms with Gasteiger partial charge in [0.1, 0.15) is 16.8 Å². The summed E-state index contributed by atoms with van der Waals surface area (Å²) >= 11 is 0. The molecule has 0 saturated carbocycles. The van der Waals surface area contributed by atoms with Crippen molar-refractivity contribution in [2.45, 2.75) is 45.2 Å².